The number of rotatable bonds is 5. The molecule has 0 aliphatic carbocycles. The molecule has 108 valence electrons. The van der Waals surface area contributed by atoms with Crippen LogP contribution >= 0.6 is 11.5 Å². The Hall–Kier alpha value is -1.46. The van der Waals surface area contributed by atoms with Crippen LogP contribution in [0.5, 0.6) is 5.75 Å². The molecule has 0 aliphatic rings. The van der Waals surface area contributed by atoms with Gasteiger partial charge in [0.15, 0.2) is 0 Å². The van der Waals surface area contributed by atoms with E-state index in [1.165, 1.54) is 11.5 Å². The number of aromatic nitrogens is 2. The zero-order valence-electron chi connectivity index (χ0n) is 12.4. The lowest BCUT2D eigenvalue weighted by atomic mass is 9.96. The first-order chi connectivity index (χ1) is 9.58. The summed E-state index contributed by atoms with van der Waals surface area (Å²) in [6, 6.07) is 3.98. The van der Waals surface area contributed by atoms with Crippen molar-refractivity contribution in [3.05, 3.63) is 39.4 Å². The first-order valence-electron chi connectivity index (χ1n) is 6.80. The number of benzene rings is 1. The van der Waals surface area contributed by atoms with Gasteiger partial charge in [0, 0.05) is 0 Å². The smallest absolute Gasteiger partial charge is 0.122 e. The zero-order valence-corrected chi connectivity index (χ0v) is 13.3. The van der Waals surface area contributed by atoms with Gasteiger partial charge in [-0.2, -0.15) is 0 Å². The van der Waals surface area contributed by atoms with Crippen LogP contribution in [0.3, 0.4) is 0 Å². The van der Waals surface area contributed by atoms with E-state index in [-0.39, 0.29) is 6.04 Å². The molecule has 0 saturated heterocycles. The fourth-order valence-corrected chi connectivity index (χ4v) is 3.09. The average Bonchev–Trinajstić information content (AvgIpc) is 2.89. The molecule has 0 aliphatic heterocycles. The summed E-state index contributed by atoms with van der Waals surface area (Å²) in [7, 11) is 1.69. The van der Waals surface area contributed by atoms with Crippen LogP contribution in [-0.4, -0.2) is 16.7 Å². The van der Waals surface area contributed by atoms with Gasteiger partial charge in [0.25, 0.3) is 0 Å². The highest BCUT2D eigenvalue weighted by Gasteiger charge is 2.19. The van der Waals surface area contributed by atoms with Gasteiger partial charge in [-0.1, -0.05) is 23.9 Å². The molecular formula is C15H21N3OS. The quantitative estimate of drug-likeness (QED) is 0.919. The Morgan fingerprint density at radius 3 is 2.70 bits per heavy atom. The highest BCUT2D eigenvalue weighted by Crippen LogP contribution is 2.31. The molecule has 5 heteroatoms. The van der Waals surface area contributed by atoms with Gasteiger partial charge < -0.3 is 10.5 Å². The number of aryl methyl sites for hydroxylation is 3. The first kappa shape index (κ1) is 14.9. The molecule has 0 amide bonds. The van der Waals surface area contributed by atoms with E-state index in [1.54, 1.807) is 7.11 Å². The lowest BCUT2D eigenvalue weighted by Gasteiger charge is -2.16. The Morgan fingerprint density at radius 1 is 1.30 bits per heavy atom. The highest BCUT2D eigenvalue weighted by molar-refractivity contribution is 7.05. The first-order valence-corrected chi connectivity index (χ1v) is 7.57. The van der Waals surface area contributed by atoms with Crippen molar-refractivity contribution in [1.29, 1.82) is 0 Å². The predicted octanol–water partition coefficient (Wildman–Crippen LogP) is 3.16. The van der Waals surface area contributed by atoms with Crippen molar-refractivity contribution in [3.8, 4) is 5.75 Å². The summed E-state index contributed by atoms with van der Waals surface area (Å²) < 4.78 is 9.41. The van der Waals surface area contributed by atoms with Crippen LogP contribution in [0.15, 0.2) is 12.1 Å². The molecule has 2 rings (SSSR count). The van der Waals surface area contributed by atoms with Crippen LogP contribution in [0, 0.1) is 13.8 Å². The van der Waals surface area contributed by atoms with Crippen LogP contribution in [0.1, 0.15) is 46.6 Å². The fraction of sp³-hybridized carbons (Fsp3) is 0.467. The number of ether oxygens (including phenoxy) is 1. The normalized spacial score (nSPS) is 12.4. The van der Waals surface area contributed by atoms with Gasteiger partial charge in [-0.3, -0.25) is 0 Å². The minimum absolute atomic E-state index is 0.166. The van der Waals surface area contributed by atoms with E-state index in [0.717, 1.165) is 45.9 Å². The Balaban J connectivity index is 2.40. The Morgan fingerprint density at radius 2 is 2.05 bits per heavy atom. The summed E-state index contributed by atoms with van der Waals surface area (Å²) in [5.41, 5.74) is 10.8. The Kier molecular flexibility index (Phi) is 4.73. The second-order valence-electron chi connectivity index (χ2n) is 4.99. The summed E-state index contributed by atoms with van der Waals surface area (Å²) in [5, 5.41) is 4.20. The molecule has 2 N–H and O–H groups in total. The molecule has 1 heterocycles. The summed E-state index contributed by atoms with van der Waals surface area (Å²) in [4.78, 5) is 1.07. The van der Waals surface area contributed by atoms with E-state index in [1.807, 2.05) is 13.0 Å². The number of nitrogens with two attached hydrogens (primary N) is 1. The van der Waals surface area contributed by atoms with Crippen LogP contribution in [0.4, 0.5) is 0 Å². The molecule has 0 spiro atoms. The van der Waals surface area contributed by atoms with Crippen LogP contribution in [0.25, 0.3) is 0 Å². The van der Waals surface area contributed by atoms with Gasteiger partial charge in [0.2, 0.25) is 0 Å². The van der Waals surface area contributed by atoms with E-state index in [2.05, 4.69) is 29.5 Å². The SMILES string of the molecule is CCCc1nnsc1C(N)c1cc(C)c(OC)cc1C. The summed E-state index contributed by atoms with van der Waals surface area (Å²) in [6.45, 7) is 6.23. The monoisotopic (exact) mass is 291 g/mol. The molecule has 4 nitrogen and oxygen atoms in total. The maximum atomic E-state index is 6.44. The molecular weight excluding hydrogens is 270 g/mol. The van der Waals surface area contributed by atoms with Crippen molar-refractivity contribution in [2.24, 2.45) is 5.73 Å². The third-order valence-corrected chi connectivity index (χ3v) is 4.32. The molecule has 1 aromatic heterocycles. The van der Waals surface area contributed by atoms with Gasteiger partial charge in [-0.25, -0.2) is 0 Å². The maximum absolute atomic E-state index is 6.44. The summed E-state index contributed by atoms with van der Waals surface area (Å²) in [6.07, 6.45) is 1.97. The minimum Gasteiger partial charge on any atom is -0.496 e. The van der Waals surface area contributed by atoms with Crippen molar-refractivity contribution in [3.63, 3.8) is 0 Å². The topological polar surface area (TPSA) is 61.0 Å². The summed E-state index contributed by atoms with van der Waals surface area (Å²) in [5.74, 6) is 0.898. The molecule has 0 bridgehead atoms. The van der Waals surface area contributed by atoms with Crippen molar-refractivity contribution in [1.82, 2.24) is 9.59 Å². The predicted molar refractivity (Wildman–Crippen MR) is 82.4 cm³/mol. The van der Waals surface area contributed by atoms with Crippen LogP contribution in [-0.2, 0) is 6.42 Å². The Labute approximate surface area is 124 Å². The molecule has 1 aromatic carbocycles. The van der Waals surface area contributed by atoms with Crippen LogP contribution in [0.2, 0.25) is 0 Å². The second-order valence-corrected chi connectivity index (χ2v) is 5.78. The largest absolute Gasteiger partial charge is 0.496 e. The molecule has 0 radical (unpaired) electrons. The van der Waals surface area contributed by atoms with Gasteiger partial charge in [-0.15, -0.1) is 5.10 Å². The lowest BCUT2D eigenvalue weighted by molar-refractivity contribution is 0.411. The summed E-state index contributed by atoms with van der Waals surface area (Å²) >= 11 is 1.40. The number of nitrogens with zero attached hydrogens (tertiary/aromatic N) is 2. The molecule has 0 saturated carbocycles. The van der Waals surface area contributed by atoms with Gasteiger partial charge >= 0.3 is 0 Å². The number of methoxy groups -OCH3 is 1. The van der Waals surface area contributed by atoms with Gasteiger partial charge in [0.1, 0.15) is 5.75 Å². The van der Waals surface area contributed by atoms with Crippen molar-refractivity contribution < 1.29 is 4.74 Å². The molecule has 1 atom stereocenters. The second kappa shape index (κ2) is 6.33. The molecule has 0 fully saturated rings. The fourth-order valence-electron chi connectivity index (χ4n) is 2.37. The average molecular weight is 291 g/mol. The van der Waals surface area contributed by atoms with E-state index in [9.17, 15) is 0 Å². The van der Waals surface area contributed by atoms with E-state index >= 15 is 0 Å². The van der Waals surface area contributed by atoms with Crippen molar-refractivity contribution >= 4 is 11.5 Å². The standard InChI is InChI=1S/C15H21N3OS/c1-5-6-12-15(20-18-17-12)14(16)11-7-10(3)13(19-4)8-9(11)2/h7-8,14H,5-6,16H2,1-4H3. The number of hydrogen-bond acceptors (Lipinski definition) is 5. The van der Waals surface area contributed by atoms with E-state index in [0.29, 0.717) is 0 Å². The Bertz CT molecular complexity index is 595. The third-order valence-electron chi connectivity index (χ3n) is 3.47. The van der Waals surface area contributed by atoms with Gasteiger partial charge in [-0.05, 0) is 54.6 Å². The lowest BCUT2D eigenvalue weighted by Crippen LogP contribution is -2.14. The molecule has 2 aromatic rings. The minimum atomic E-state index is -0.166. The molecule has 1 unspecified atom stereocenters. The van der Waals surface area contributed by atoms with Crippen LogP contribution < -0.4 is 10.5 Å². The third kappa shape index (κ3) is 2.83. The number of hydrogen-bond donors (Lipinski definition) is 1. The van der Waals surface area contributed by atoms with Gasteiger partial charge in [0.05, 0.1) is 23.7 Å². The van der Waals surface area contributed by atoms with E-state index < -0.39 is 0 Å². The van der Waals surface area contributed by atoms with Crippen molar-refractivity contribution in [2.45, 2.75) is 39.7 Å². The highest BCUT2D eigenvalue weighted by atomic mass is 32.1. The van der Waals surface area contributed by atoms with E-state index in [4.69, 9.17) is 10.5 Å². The van der Waals surface area contributed by atoms with Crippen molar-refractivity contribution in [2.75, 3.05) is 7.11 Å². The molecule has 20 heavy (non-hydrogen) atoms. The zero-order chi connectivity index (χ0) is 14.7. The maximum Gasteiger partial charge on any atom is 0.122 e.